The molecule has 0 aliphatic rings. The molecule has 0 aromatic carbocycles. The molecule has 12 heavy (non-hydrogen) atoms. The Kier molecular flexibility index (Phi) is 2.54. The quantitative estimate of drug-likeness (QED) is 0.684. The van der Waals surface area contributed by atoms with E-state index in [1.807, 2.05) is 0 Å². The minimum atomic E-state index is -0.685. The standard InChI is InChI=1S/C6H6ClNO4/c1-11-4(9)2-3-5(7)6(10)12-8-3/h8H,2H2,1H3. The predicted octanol–water partition coefficient (Wildman–Crippen LogP) is 0.337. The van der Waals surface area contributed by atoms with E-state index >= 15 is 0 Å². The molecule has 6 heteroatoms. The molecule has 0 radical (unpaired) electrons. The van der Waals surface area contributed by atoms with Crippen molar-refractivity contribution in [3.05, 3.63) is 21.1 Å². The first kappa shape index (κ1) is 8.86. The second-order valence-corrected chi connectivity index (χ2v) is 2.41. The minimum absolute atomic E-state index is 0.0962. The lowest BCUT2D eigenvalue weighted by atomic mass is 10.3. The molecule has 0 fully saturated rings. The summed E-state index contributed by atoms with van der Waals surface area (Å²) in [6, 6.07) is 0. The molecule has 0 bridgehead atoms. The summed E-state index contributed by atoms with van der Waals surface area (Å²) >= 11 is 5.46. The van der Waals surface area contributed by atoms with E-state index in [1.165, 1.54) is 7.11 Å². The number of rotatable bonds is 2. The molecule has 0 atom stereocenters. The first-order valence-electron chi connectivity index (χ1n) is 3.07. The zero-order valence-electron chi connectivity index (χ0n) is 6.22. The number of hydrogen-bond acceptors (Lipinski definition) is 4. The van der Waals surface area contributed by atoms with Gasteiger partial charge in [-0.15, -0.1) is 0 Å². The van der Waals surface area contributed by atoms with Gasteiger partial charge in [0.2, 0.25) is 0 Å². The van der Waals surface area contributed by atoms with Crippen molar-refractivity contribution in [2.45, 2.75) is 6.42 Å². The number of halogens is 1. The minimum Gasteiger partial charge on any atom is -0.469 e. The van der Waals surface area contributed by atoms with Crippen molar-refractivity contribution < 1.29 is 14.1 Å². The third kappa shape index (κ3) is 1.68. The second-order valence-electron chi connectivity index (χ2n) is 2.04. The summed E-state index contributed by atoms with van der Waals surface area (Å²) in [5, 5.41) is 2.11. The van der Waals surface area contributed by atoms with Crippen LogP contribution in [0.5, 0.6) is 0 Å². The van der Waals surface area contributed by atoms with Gasteiger partial charge < -0.3 is 9.26 Å². The summed E-state index contributed by atoms with van der Waals surface area (Å²) in [4.78, 5) is 21.3. The van der Waals surface area contributed by atoms with E-state index in [1.54, 1.807) is 0 Å². The van der Waals surface area contributed by atoms with Crippen LogP contribution in [0.25, 0.3) is 0 Å². The van der Waals surface area contributed by atoms with E-state index in [9.17, 15) is 9.59 Å². The van der Waals surface area contributed by atoms with Crippen LogP contribution in [0, 0.1) is 0 Å². The van der Waals surface area contributed by atoms with Crippen molar-refractivity contribution in [3.8, 4) is 0 Å². The lowest BCUT2D eigenvalue weighted by molar-refractivity contribution is -0.139. The Hall–Kier alpha value is -1.23. The SMILES string of the molecule is COC(=O)Cc1[nH]oc(=O)c1Cl. The zero-order valence-corrected chi connectivity index (χ0v) is 6.97. The molecular formula is C6H6ClNO4. The molecule has 0 aliphatic heterocycles. The van der Waals surface area contributed by atoms with Crippen LogP contribution in [0.2, 0.25) is 5.02 Å². The van der Waals surface area contributed by atoms with Crippen molar-refractivity contribution in [2.75, 3.05) is 7.11 Å². The topological polar surface area (TPSA) is 72.3 Å². The first-order valence-corrected chi connectivity index (χ1v) is 3.45. The molecule has 0 spiro atoms. The number of nitrogens with one attached hydrogen (secondary N) is 1. The van der Waals surface area contributed by atoms with Crippen molar-refractivity contribution >= 4 is 17.6 Å². The number of esters is 1. The number of H-pyrrole nitrogens is 1. The van der Waals surface area contributed by atoms with Gasteiger partial charge in [0.1, 0.15) is 0 Å². The Bertz CT molecular complexity index is 340. The average molecular weight is 192 g/mol. The van der Waals surface area contributed by atoms with Gasteiger partial charge in [0.15, 0.2) is 5.02 Å². The van der Waals surface area contributed by atoms with Crippen LogP contribution in [-0.4, -0.2) is 18.2 Å². The van der Waals surface area contributed by atoms with Crippen molar-refractivity contribution in [1.82, 2.24) is 5.16 Å². The van der Waals surface area contributed by atoms with Crippen LogP contribution in [0.15, 0.2) is 9.32 Å². The molecule has 5 nitrogen and oxygen atoms in total. The van der Waals surface area contributed by atoms with E-state index < -0.39 is 11.6 Å². The molecule has 0 saturated carbocycles. The predicted molar refractivity (Wildman–Crippen MR) is 40.1 cm³/mol. The van der Waals surface area contributed by atoms with E-state index in [0.717, 1.165) is 0 Å². The summed E-state index contributed by atoms with van der Waals surface area (Å²) in [7, 11) is 1.24. The van der Waals surface area contributed by atoms with Gasteiger partial charge in [-0.05, 0) is 0 Å². The zero-order chi connectivity index (χ0) is 9.14. The van der Waals surface area contributed by atoms with Gasteiger partial charge in [-0.2, -0.15) is 0 Å². The van der Waals surface area contributed by atoms with Gasteiger partial charge >= 0.3 is 11.6 Å². The van der Waals surface area contributed by atoms with Gasteiger partial charge in [0.25, 0.3) is 0 Å². The monoisotopic (exact) mass is 191 g/mol. The van der Waals surface area contributed by atoms with Gasteiger partial charge in [-0.3, -0.25) is 4.79 Å². The highest BCUT2D eigenvalue weighted by Gasteiger charge is 2.12. The van der Waals surface area contributed by atoms with Gasteiger partial charge in [-0.25, -0.2) is 9.95 Å². The second kappa shape index (κ2) is 3.44. The highest BCUT2D eigenvalue weighted by atomic mass is 35.5. The van der Waals surface area contributed by atoms with Crippen molar-refractivity contribution in [3.63, 3.8) is 0 Å². The largest absolute Gasteiger partial charge is 0.469 e. The fraction of sp³-hybridized carbons (Fsp3) is 0.333. The van der Waals surface area contributed by atoms with Crippen LogP contribution in [0.1, 0.15) is 5.69 Å². The molecule has 0 saturated heterocycles. The number of methoxy groups -OCH3 is 1. The van der Waals surface area contributed by atoms with E-state index in [0.29, 0.717) is 0 Å². The molecular weight excluding hydrogens is 186 g/mol. The highest BCUT2D eigenvalue weighted by molar-refractivity contribution is 6.31. The van der Waals surface area contributed by atoms with Crippen LogP contribution in [0.3, 0.4) is 0 Å². The Labute approximate surface area is 72.2 Å². The number of ether oxygens (including phenoxy) is 1. The van der Waals surface area contributed by atoms with Gasteiger partial charge in [-0.1, -0.05) is 11.6 Å². The molecule has 1 aromatic rings. The first-order chi connectivity index (χ1) is 5.65. The molecule has 1 rings (SSSR count). The normalized spacial score (nSPS) is 9.83. The molecule has 0 aliphatic carbocycles. The van der Waals surface area contributed by atoms with E-state index in [2.05, 4.69) is 14.4 Å². The summed E-state index contributed by atoms with van der Waals surface area (Å²) in [5.74, 6) is -0.492. The molecule has 66 valence electrons. The Morgan fingerprint density at radius 3 is 2.83 bits per heavy atom. The van der Waals surface area contributed by atoms with Gasteiger partial charge in [0.05, 0.1) is 19.2 Å². The Morgan fingerprint density at radius 1 is 1.75 bits per heavy atom. The third-order valence-electron chi connectivity index (χ3n) is 1.26. The lowest BCUT2D eigenvalue weighted by Crippen LogP contribution is -2.05. The maximum Gasteiger partial charge on any atom is 0.375 e. The Balaban J connectivity index is 2.83. The summed E-state index contributed by atoms with van der Waals surface area (Å²) in [6.07, 6.45) is -0.0962. The fourth-order valence-corrected chi connectivity index (χ4v) is 0.795. The fourth-order valence-electron chi connectivity index (χ4n) is 0.651. The maximum atomic E-state index is 10.7. The van der Waals surface area contributed by atoms with Crippen LogP contribution in [-0.2, 0) is 16.0 Å². The molecule has 0 unspecified atom stereocenters. The van der Waals surface area contributed by atoms with Crippen LogP contribution >= 0.6 is 11.6 Å². The van der Waals surface area contributed by atoms with Crippen molar-refractivity contribution in [2.24, 2.45) is 0 Å². The number of aromatic amines is 1. The summed E-state index contributed by atoms with van der Waals surface area (Å²) < 4.78 is 8.68. The highest BCUT2D eigenvalue weighted by Crippen LogP contribution is 2.08. The average Bonchev–Trinajstić information content (AvgIpc) is 2.36. The Morgan fingerprint density at radius 2 is 2.42 bits per heavy atom. The molecule has 1 heterocycles. The molecule has 1 N–H and O–H groups in total. The van der Waals surface area contributed by atoms with Gasteiger partial charge in [0, 0.05) is 0 Å². The van der Waals surface area contributed by atoms with E-state index in [-0.39, 0.29) is 17.1 Å². The summed E-state index contributed by atoms with van der Waals surface area (Å²) in [6.45, 7) is 0. The number of carbonyl (C=O) groups excluding carboxylic acids is 1. The summed E-state index contributed by atoms with van der Waals surface area (Å²) in [5.41, 5.74) is -0.455. The van der Waals surface area contributed by atoms with E-state index in [4.69, 9.17) is 11.6 Å². The number of hydrogen-bond donors (Lipinski definition) is 1. The maximum absolute atomic E-state index is 10.7. The molecule has 0 amide bonds. The smallest absolute Gasteiger partial charge is 0.375 e. The lowest BCUT2D eigenvalue weighted by Gasteiger charge is -1.94. The molecule has 1 aromatic heterocycles. The van der Waals surface area contributed by atoms with Crippen LogP contribution in [0.4, 0.5) is 0 Å². The number of carbonyl (C=O) groups is 1. The van der Waals surface area contributed by atoms with Crippen LogP contribution < -0.4 is 5.63 Å². The van der Waals surface area contributed by atoms with Crippen molar-refractivity contribution in [1.29, 1.82) is 0 Å². The number of aromatic nitrogens is 1. The third-order valence-corrected chi connectivity index (χ3v) is 1.64.